The highest BCUT2D eigenvalue weighted by Crippen LogP contribution is 2.28. The lowest BCUT2D eigenvalue weighted by molar-refractivity contribution is -1.02. The van der Waals surface area contributed by atoms with E-state index in [1.807, 2.05) is 34.6 Å². The molecule has 164 valence electrons. The molecule has 1 aliphatic rings. The normalized spacial score (nSPS) is 19.7. The summed E-state index contributed by atoms with van der Waals surface area (Å²) in [4.78, 5) is 35.1. The summed E-state index contributed by atoms with van der Waals surface area (Å²) in [5.41, 5.74) is 4.37. The number of nitrogens with zero attached hydrogens (tertiary/aromatic N) is 1. The van der Waals surface area contributed by atoms with Gasteiger partial charge in [-0.1, -0.05) is 0 Å². The van der Waals surface area contributed by atoms with Crippen LogP contribution in [0.25, 0.3) is 11.4 Å². The molecule has 0 radical (unpaired) electrons. The van der Waals surface area contributed by atoms with E-state index in [-0.39, 0.29) is 17.2 Å². The Labute approximate surface area is 182 Å². The Morgan fingerprint density at radius 3 is 2.37 bits per heavy atom. The van der Waals surface area contributed by atoms with Gasteiger partial charge in [0.2, 0.25) is 0 Å². The van der Waals surface area contributed by atoms with Crippen molar-refractivity contribution >= 4 is 23.0 Å². The van der Waals surface area contributed by atoms with Crippen molar-refractivity contribution in [2.45, 2.75) is 53.6 Å². The number of ketones is 1. The number of Topliss-reactive ketones (excluding diaryl/α,β-unsaturated/α-hetero) is 1. The van der Waals surface area contributed by atoms with Crippen molar-refractivity contribution in [2.75, 3.05) is 32.7 Å². The zero-order chi connectivity index (χ0) is 22.1. The molecule has 3 rings (SSSR count). The molecule has 30 heavy (non-hydrogen) atoms. The van der Waals surface area contributed by atoms with Gasteiger partial charge in [-0.15, -0.1) is 11.3 Å². The van der Waals surface area contributed by atoms with E-state index >= 15 is 0 Å². The predicted molar refractivity (Wildman–Crippen MR) is 119 cm³/mol. The minimum absolute atomic E-state index is 0.0870. The van der Waals surface area contributed by atoms with Gasteiger partial charge in [-0.25, -0.2) is 4.98 Å². The summed E-state index contributed by atoms with van der Waals surface area (Å²) in [6, 6.07) is 0. The van der Waals surface area contributed by atoms with Crippen molar-refractivity contribution in [2.24, 2.45) is 0 Å². The molecule has 1 fully saturated rings. The molecule has 3 heterocycles. The number of nitrogens with one attached hydrogen (secondary N) is 4. The fraction of sp³-hybridized carbons (Fsp3) is 0.591. The number of amides is 1. The first-order valence-corrected chi connectivity index (χ1v) is 11.5. The number of hydrogen-bond acceptors (Lipinski definition) is 4. The average Bonchev–Trinajstić information content (AvgIpc) is 3.18. The molecular formula is C22H35N5O2S+2. The number of quaternary nitrogens is 2. The molecule has 0 atom stereocenters. The quantitative estimate of drug-likeness (QED) is 0.490. The average molecular weight is 434 g/mol. The van der Waals surface area contributed by atoms with Gasteiger partial charge in [-0.2, -0.15) is 0 Å². The maximum Gasteiger partial charge on any atom is 0.275 e. The van der Waals surface area contributed by atoms with Gasteiger partial charge in [-0.3, -0.25) is 9.59 Å². The van der Waals surface area contributed by atoms with Crippen LogP contribution in [-0.4, -0.2) is 59.9 Å². The number of piperazine rings is 1. The van der Waals surface area contributed by atoms with Crippen LogP contribution in [0.2, 0.25) is 0 Å². The van der Waals surface area contributed by atoms with E-state index in [1.165, 1.54) is 9.80 Å². The van der Waals surface area contributed by atoms with Gasteiger partial charge in [0, 0.05) is 22.2 Å². The topological polar surface area (TPSA) is 83.7 Å². The Bertz CT molecular complexity index is 917. The largest absolute Gasteiger partial charge is 0.356 e. The lowest BCUT2D eigenvalue weighted by Gasteiger charge is -2.29. The summed E-state index contributed by atoms with van der Waals surface area (Å²) in [5, 5.41) is 6.25. The highest BCUT2D eigenvalue weighted by Gasteiger charge is 2.27. The van der Waals surface area contributed by atoms with Crippen LogP contribution < -0.4 is 15.1 Å². The van der Waals surface area contributed by atoms with E-state index in [0.717, 1.165) is 65.9 Å². The number of aromatic amines is 1. The van der Waals surface area contributed by atoms with Crippen molar-refractivity contribution in [3.05, 3.63) is 27.2 Å². The number of carbonyl (C=O) groups excluding carboxylic acids is 2. The summed E-state index contributed by atoms with van der Waals surface area (Å²) >= 11 is 1.68. The lowest BCUT2D eigenvalue weighted by atomic mass is 10.1. The first-order chi connectivity index (χ1) is 14.0. The van der Waals surface area contributed by atoms with Crippen LogP contribution in [0.3, 0.4) is 0 Å². The van der Waals surface area contributed by atoms with Crippen LogP contribution in [0.4, 0.5) is 0 Å². The highest BCUT2D eigenvalue weighted by atomic mass is 32.1. The standard InChI is InChI=1S/C22H33N5O2S/c1-14-20(16(3)28)15(2)23-21(14)17-13-30-19(24-17)12-27-9-7-26(8-10-27)11-18(29)25-22(4,5)6/h13,23H,7-12H2,1-6H3,(H,25,29)/p+2. The fourth-order valence-corrected chi connectivity index (χ4v) is 5.11. The van der Waals surface area contributed by atoms with Gasteiger partial charge in [0.25, 0.3) is 5.91 Å². The second-order valence-electron chi connectivity index (χ2n) is 9.46. The van der Waals surface area contributed by atoms with Crippen LogP contribution in [0.1, 0.15) is 54.3 Å². The number of hydrogen-bond donors (Lipinski definition) is 4. The molecule has 1 saturated heterocycles. The molecule has 0 saturated carbocycles. The van der Waals surface area contributed by atoms with E-state index in [1.54, 1.807) is 18.3 Å². The molecule has 0 unspecified atom stereocenters. The smallest absolute Gasteiger partial charge is 0.275 e. The molecule has 0 spiro atoms. The molecule has 0 bridgehead atoms. The first kappa shape index (κ1) is 22.7. The third-order valence-electron chi connectivity index (χ3n) is 5.59. The van der Waals surface area contributed by atoms with Crippen LogP contribution in [0, 0.1) is 13.8 Å². The summed E-state index contributed by atoms with van der Waals surface area (Å²) in [6.45, 7) is 17.1. The van der Waals surface area contributed by atoms with Crippen LogP contribution in [-0.2, 0) is 11.3 Å². The fourth-order valence-electron chi connectivity index (χ4n) is 4.26. The number of aromatic nitrogens is 2. The summed E-state index contributed by atoms with van der Waals surface area (Å²) in [6.07, 6.45) is 0. The Hall–Kier alpha value is -2.03. The van der Waals surface area contributed by atoms with Crippen molar-refractivity contribution in [3.8, 4) is 11.4 Å². The van der Waals surface area contributed by atoms with Crippen LogP contribution >= 0.6 is 11.3 Å². The van der Waals surface area contributed by atoms with Crippen molar-refractivity contribution in [1.29, 1.82) is 0 Å². The summed E-state index contributed by atoms with van der Waals surface area (Å²) in [7, 11) is 0. The molecule has 0 aromatic carbocycles. The predicted octanol–water partition coefficient (Wildman–Crippen LogP) is 0.156. The molecule has 1 amide bonds. The lowest BCUT2D eigenvalue weighted by Crippen LogP contribution is -3.28. The molecular weight excluding hydrogens is 398 g/mol. The Morgan fingerprint density at radius 1 is 1.17 bits per heavy atom. The second-order valence-corrected chi connectivity index (χ2v) is 10.4. The molecule has 0 aliphatic carbocycles. The zero-order valence-corrected chi connectivity index (χ0v) is 19.8. The highest BCUT2D eigenvalue weighted by molar-refractivity contribution is 7.09. The van der Waals surface area contributed by atoms with Gasteiger partial charge < -0.3 is 20.1 Å². The Kier molecular flexibility index (Phi) is 6.79. The minimum atomic E-state index is -0.173. The SMILES string of the molecule is CC(=O)c1c(C)[nH]c(-c2csc(C[NH+]3CC[NH+](CC(=O)NC(C)(C)C)CC3)n2)c1C. The van der Waals surface area contributed by atoms with Crippen LogP contribution in [0.15, 0.2) is 5.38 Å². The molecule has 2 aromatic rings. The molecule has 8 heteroatoms. The van der Waals surface area contributed by atoms with Crippen molar-refractivity contribution < 1.29 is 19.4 Å². The van der Waals surface area contributed by atoms with Gasteiger partial charge in [0.1, 0.15) is 37.7 Å². The number of H-pyrrole nitrogens is 1. The van der Waals surface area contributed by atoms with E-state index < -0.39 is 0 Å². The third kappa shape index (κ3) is 5.56. The van der Waals surface area contributed by atoms with Gasteiger partial charge in [0.15, 0.2) is 12.3 Å². The van der Waals surface area contributed by atoms with Crippen LogP contribution in [0.5, 0.6) is 0 Å². The Morgan fingerprint density at radius 2 is 1.80 bits per heavy atom. The summed E-state index contributed by atoms with van der Waals surface area (Å²) < 4.78 is 0. The Balaban J connectivity index is 1.55. The maximum atomic E-state index is 12.2. The third-order valence-corrected chi connectivity index (χ3v) is 6.44. The van der Waals surface area contributed by atoms with E-state index in [0.29, 0.717) is 6.54 Å². The number of thiazole rings is 1. The van der Waals surface area contributed by atoms with Crippen molar-refractivity contribution in [1.82, 2.24) is 15.3 Å². The molecule has 4 N–H and O–H groups in total. The zero-order valence-electron chi connectivity index (χ0n) is 19.0. The van der Waals surface area contributed by atoms with Gasteiger partial charge in [0.05, 0.1) is 11.4 Å². The van der Waals surface area contributed by atoms with E-state index in [4.69, 9.17) is 4.98 Å². The van der Waals surface area contributed by atoms with E-state index in [9.17, 15) is 9.59 Å². The number of carbonyl (C=O) groups is 2. The van der Waals surface area contributed by atoms with Gasteiger partial charge >= 0.3 is 0 Å². The summed E-state index contributed by atoms with van der Waals surface area (Å²) in [5.74, 6) is 0.219. The molecule has 7 nitrogen and oxygen atoms in total. The minimum Gasteiger partial charge on any atom is -0.356 e. The monoisotopic (exact) mass is 433 g/mol. The first-order valence-electron chi connectivity index (χ1n) is 10.7. The number of aryl methyl sites for hydroxylation is 1. The second kappa shape index (κ2) is 8.99. The van der Waals surface area contributed by atoms with Crippen molar-refractivity contribution in [3.63, 3.8) is 0 Å². The number of rotatable bonds is 6. The van der Waals surface area contributed by atoms with E-state index in [2.05, 4.69) is 15.7 Å². The van der Waals surface area contributed by atoms with Gasteiger partial charge in [-0.05, 0) is 47.1 Å². The maximum absolute atomic E-state index is 12.2. The molecule has 1 aliphatic heterocycles. The molecule has 2 aromatic heterocycles.